The van der Waals surface area contributed by atoms with E-state index in [1.54, 1.807) is 6.20 Å². The second-order valence-corrected chi connectivity index (χ2v) is 4.62. The molecule has 5 heteroatoms. The third-order valence-electron chi connectivity index (χ3n) is 2.92. The van der Waals surface area contributed by atoms with Gasteiger partial charge in [-0.2, -0.15) is 4.98 Å². The molecule has 0 spiro atoms. The third kappa shape index (κ3) is 3.06. The standard InChI is InChI=1S/C12H20N4O/c1-15(2)12-13-7-6-11(14-12)16(3)9-10-5-4-8-17-10/h6-7,10H,4-5,8-9H2,1-3H3/t10-/m1/s1. The Morgan fingerprint density at radius 2 is 2.24 bits per heavy atom. The van der Waals surface area contributed by atoms with Crippen LogP contribution in [-0.2, 0) is 4.74 Å². The molecule has 0 unspecified atom stereocenters. The first-order valence-corrected chi connectivity index (χ1v) is 6.00. The van der Waals surface area contributed by atoms with E-state index in [1.807, 2.05) is 32.1 Å². The number of likely N-dealkylation sites (N-methyl/N-ethyl adjacent to an activating group) is 1. The lowest BCUT2D eigenvalue weighted by atomic mass is 10.2. The van der Waals surface area contributed by atoms with Crippen LogP contribution in [0.25, 0.3) is 0 Å². The molecule has 17 heavy (non-hydrogen) atoms. The molecule has 5 nitrogen and oxygen atoms in total. The number of rotatable bonds is 4. The Labute approximate surface area is 102 Å². The lowest BCUT2D eigenvalue weighted by Gasteiger charge is -2.22. The molecule has 0 aromatic carbocycles. The summed E-state index contributed by atoms with van der Waals surface area (Å²) in [6.07, 6.45) is 4.46. The molecule has 1 atom stereocenters. The van der Waals surface area contributed by atoms with E-state index in [4.69, 9.17) is 4.74 Å². The molecule has 94 valence electrons. The molecule has 0 saturated carbocycles. The maximum atomic E-state index is 5.63. The molecule has 2 rings (SSSR count). The van der Waals surface area contributed by atoms with Crippen molar-refractivity contribution < 1.29 is 4.74 Å². The Kier molecular flexibility index (Phi) is 3.78. The molecule has 0 amide bonds. The van der Waals surface area contributed by atoms with E-state index in [1.165, 1.54) is 6.42 Å². The van der Waals surface area contributed by atoms with Crippen molar-refractivity contribution in [2.24, 2.45) is 0 Å². The zero-order valence-electron chi connectivity index (χ0n) is 10.8. The van der Waals surface area contributed by atoms with Crippen LogP contribution in [-0.4, -0.2) is 50.4 Å². The van der Waals surface area contributed by atoms with Crippen molar-refractivity contribution in [2.45, 2.75) is 18.9 Å². The minimum absolute atomic E-state index is 0.345. The number of ether oxygens (including phenoxy) is 1. The number of aromatic nitrogens is 2. The second kappa shape index (κ2) is 5.31. The summed E-state index contributed by atoms with van der Waals surface area (Å²) in [5.41, 5.74) is 0. The highest BCUT2D eigenvalue weighted by Gasteiger charge is 2.18. The number of hydrogen-bond acceptors (Lipinski definition) is 5. The summed E-state index contributed by atoms with van der Waals surface area (Å²) in [5.74, 6) is 1.68. The van der Waals surface area contributed by atoms with Gasteiger partial charge in [-0.1, -0.05) is 0 Å². The summed E-state index contributed by atoms with van der Waals surface area (Å²) >= 11 is 0. The van der Waals surface area contributed by atoms with Gasteiger partial charge < -0.3 is 14.5 Å². The predicted molar refractivity (Wildman–Crippen MR) is 68.6 cm³/mol. The number of hydrogen-bond donors (Lipinski definition) is 0. The fourth-order valence-corrected chi connectivity index (χ4v) is 1.95. The van der Waals surface area contributed by atoms with Crippen molar-refractivity contribution >= 4 is 11.8 Å². The van der Waals surface area contributed by atoms with Crippen LogP contribution in [0.1, 0.15) is 12.8 Å². The van der Waals surface area contributed by atoms with Gasteiger partial charge >= 0.3 is 0 Å². The average Bonchev–Trinajstić information content (AvgIpc) is 2.82. The molecule has 0 bridgehead atoms. The Hall–Kier alpha value is -1.36. The van der Waals surface area contributed by atoms with Gasteiger partial charge in [0, 0.05) is 40.5 Å². The predicted octanol–water partition coefficient (Wildman–Crippen LogP) is 1.16. The van der Waals surface area contributed by atoms with Gasteiger partial charge in [0.25, 0.3) is 0 Å². The molecule has 1 aromatic rings. The van der Waals surface area contributed by atoms with Gasteiger partial charge in [-0.05, 0) is 18.9 Å². The fraction of sp³-hybridized carbons (Fsp3) is 0.667. The summed E-state index contributed by atoms with van der Waals surface area (Å²) in [6.45, 7) is 1.79. The minimum atomic E-state index is 0.345. The van der Waals surface area contributed by atoms with Crippen LogP contribution >= 0.6 is 0 Å². The third-order valence-corrected chi connectivity index (χ3v) is 2.92. The maximum absolute atomic E-state index is 5.63. The summed E-state index contributed by atoms with van der Waals surface area (Å²) in [5, 5.41) is 0. The van der Waals surface area contributed by atoms with Crippen LogP contribution in [0.15, 0.2) is 12.3 Å². The smallest absolute Gasteiger partial charge is 0.226 e. The topological polar surface area (TPSA) is 41.5 Å². The first-order chi connectivity index (χ1) is 8.16. The van der Waals surface area contributed by atoms with Gasteiger partial charge in [0.05, 0.1) is 6.10 Å². The van der Waals surface area contributed by atoms with Crippen LogP contribution in [0.4, 0.5) is 11.8 Å². The molecule has 2 heterocycles. The normalized spacial score (nSPS) is 19.4. The highest BCUT2D eigenvalue weighted by atomic mass is 16.5. The zero-order chi connectivity index (χ0) is 12.3. The molecular formula is C12H20N4O. The van der Waals surface area contributed by atoms with E-state index in [0.29, 0.717) is 6.10 Å². The van der Waals surface area contributed by atoms with Crippen molar-refractivity contribution in [3.63, 3.8) is 0 Å². The van der Waals surface area contributed by atoms with Gasteiger partial charge in [-0.3, -0.25) is 0 Å². The summed E-state index contributed by atoms with van der Waals surface area (Å²) in [6, 6.07) is 1.93. The first kappa shape index (κ1) is 12.1. The van der Waals surface area contributed by atoms with Gasteiger partial charge in [0.15, 0.2) is 0 Å². The van der Waals surface area contributed by atoms with Crippen LogP contribution in [0, 0.1) is 0 Å². The van der Waals surface area contributed by atoms with Crippen LogP contribution in [0.5, 0.6) is 0 Å². The summed E-state index contributed by atoms with van der Waals surface area (Å²) in [7, 11) is 5.93. The molecule has 1 aliphatic heterocycles. The van der Waals surface area contributed by atoms with Crippen LogP contribution in [0.3, 0.4) is 0 Å². The molecule has 0 N–H and O–H groups in total. The Balaban J connectivity index is 2.02. The molecule has 1 aromatic heterocycles. The van der Waals surface area contributed by atoms with Crippen molar-refractivity contribution in [1.82, 2.24) is 9.97 Å². The van der Waals surface area contributed by atoms with E-state index >= 15 is 0 Å². The zero-order valence-corrected chi connectivity index (χ0v) is 10.8. The van der Waals surface area contributed by atoms with Crippen molar-refractivity contribution in [2.75, 3.05) is 44.1 Å². The monoisotopic (exact) mass is 236 g/mol. The van der Waals surface area contributed by atoms with E-state index in [2.05, 4.69) is 14.9 Å². The van der Waals surface area contributed by atoms with Gasteiger partial charge in [0.1, 0.15) is 5.82 Å². The maximum Gasteiger partial charge on any atom is 0.226 e. The van der Waals surface area contributed by atoms with Crippen molar-refractivity contribution in [3.05, 3.63) is 12.3 Å². The summed E-state index contributed by atoms with van der Waals surface area (Å²) in [4.78, 5) is 12.7. The lowest BCUT2D eigenvalue weighted by Crippen LogP contribution is -2.29. The Morgan fingerprint density at radius 3 is 2.88 bits per heavy atom. The SMILES string of the molecule is CN(C)c1nccc(N(C)C[C@H]2CCCO2)n1. The molecule has 0 radical (unpaired) electrons. The minimum Gasteiger partial charge on any atom is -0.376 e. The quantitative estimate of drug-likeness (QED) is 0.784. The number of anilines is 2. The van der Waals surface area contributed by atoms with E-state index in [9.17, 15) is 0 Å². The van der Waals surface area contributed by atoms with Crippen LogP contribution in [0.2, 0.25) is 0 Å². The fourth-order valence-electron chi connectivity index (χ4n) is 1.95. The van der Waals surface area contributed by atoms with Crippen molar-refractivity contribution in [3.8, 4) is 0 Å². The Bertz CT molecular complexity index is 363. The van der Waals surface area contributed by atoms with Gasteiger partial charge in [0.2, 0.25) is 5.95 Å². The van der Waals surface area contributed by atoms with E-state index < -0.39 is 0 Å². The van der Waals surface area contributed by atoms with E-state index in [0.717, 1.165) is 31.3 Å². The lowest BCUT2D eigenvalue weighted by molar-refractivity contribution is 0.116. The molecule has 1 aliphatic rings. The van der Waals surface area contributed by atoms with Gasteiger partial charge in [-0.15, -0.1) is 0 Å². The molecular weight excluding hydrogens is 216 g/mol. The highest BCUT2D eigenvalue weighted by molar-refractivity contribution is 5.42. The van der Waals surface area contributed by atoms with Crippen LogP contribution < -0.4 is 9.80 Å². The molecule has 1 saturated heterocycles. The molecule has 0 aliphatic carbocycles. The largest absolute Gasteiger partial charge is 0.376 e. The first-order valence-electron chi connectivity index (χ1n) is 6.00. The van der Waals surface area contributed by atoms with Gasteiger partial charge in [-0.25, -0.2) is 4.98 Å². The molecule has 1 fully saturated rings. The number of nitrogens with zero attached hydrogens (tertiary/aromatic N) is 4. The van der Waals surface area contributed by atoms with E-state index in [-0.39, 0.29) is 0 Å². The Morgan fingerprint density at radius 1 is 1.41 bits per heavy atom. The second-order valence-electron chi connectivity index (χ2n) is 4.62. The highest BCUT2D eigenvalue weighted by Crippen LogP contribution is 2.17. The summed E-state index contributed by atoms with van der Waals surface area (Å²) < 4.78 is 5.63. The average molecular weight is 236 g/mol. The van der Waals surface area contributed by atoms with Crippen molar-refractivity contribution in [1.29, 1.82) is 0 Å².